The van der Waals surface area contributed by atoms with Gasteiger partial charge in [-0.25, -0.2) is 0 Å². The predicted molar refractivity (Wildman–Crippen MR) is 88.7 cm³/mol. The van der Waals surface area contributed by atoms with E-state index in [4.69, 9.17) is 0 Å². The minimum absolute atomic E-state index is 0.0786. The van der Waals surface area contributed by atoms with Crippen molar-refractivity contribution in [2.24, 2.45) is 0 Å². The lowest BCUT2D eigenvalue weighted by Crippen LogP contribution is -2.32. The number of carbonyl (C=O) groups is 1. The van der Waals surface area contributed by atoms with Crippen LogP contribution in [0.4, 0.5) is 24.5 Å². The lowest BCUT2D eigenvalue weighted by atomic mass is 10.1. The van der Waals surface area contributed by atoms with Crippen molar-refractivity contribution >= 4 is 17.3 Å². The molecule has 1 aromatic heterocycles. The molecule has 0 spiro atoms. The predicted octanol–water partition coefficient (Wildman–Crippen LogP) is 4.52. The Morgan fingerprint density at radius 2 is 1.84 bits per heavy atom. The highest BCUT2D eigenvalue weighted by Gasteiger charge is 2.33. The number of para-hydroxylation sites is 1. The van der Waals surface area contributed by atoms with E-state index in [1.165, 1.54) is 36.7 Å². The van der Waals surface area contributed by atoms with E-state index in [-0.39, 0.29) is 17.6 Å². The molecular weight excluding hydrogens is 331 g/mol. The molecule has 25 heavy (non-hydrogen) atoms. The van der Waals surface area contributed by atoms with Gasteiger partial charge < -0.3 is 10.6 Å². The Kier molecular flexibility index (Phi) is 4.92. The number of aromatic nitrogens is 1. The first kappa shape index (κ1) is 17.3. The molecular formula is C18H18F3N3O. The summed E-state index contributed by atoms with van der Waals surface area (Å²) in [6.07, 6.45) is 2.43. The molecule has 1 fully saturated rings. The number of halogens is 3. The Labute approximate surface area is 143 Å². The number of pyridine rings is 1. The van der Waals surface area contributed by atoms with Crippen molar-refractivity contribution in [2.75, 3.05) is 5.32 Å². The van der Waals surface area contributed by atoms with Crippen LogP contribution in [0.2, 0.25) is 0 Å². The third-order valence-electron chi connectivity index (χ3n) is 4.20. The van der Waals surface area contributed by atoms with Gasteiger partial charge in [-0.1, -0.05) is 25.0 Å². The van der Waals surface area contributed by atoms with Gasteiger partial charge >= 0.3 is 6.18 Å². The molecule has 0 bridgehead atoms. The number of rotatable bonds is 4. The molecule has 0 radical (unpaired) electrons. The van der Waals surface area contributed by atoms with Crippen LogP contribution in [-0.4, -0.2) is 16.9 Å². The van der Waals surface area contributed by atoms with Gasteiger partial charge in [0, 0.05) is 12.2 Å². The fourth-order valence-corrected chi connectivity index (χ4v) is 2.97. The Morgan fingerprint density at radius 1 is 1.12 bits per heavy atom. The van der Waals surface area contributed by atoms with Crippen molar-refractivity contribution in [1.29, 1.82) is 0 Å². The van der Waals surface area contributed by atoms with Gasteiger partial charge in [0.1, 0.15) is 0 Å². The average Bonchev–Trinajstić information content (AvgIpc) is 3.07. The zero-order valence-corrected chi connectivity index (χ0v) is 13.4. The zero-order valence-electron chi connectivity index (χ0n) is 13.4. The molecule has 2 N–H and O–H groups in total. The topological polar surface area (TPSA) is 54.0 Å². The van der Waals surface area contributed by atoms with Crippen molar-refractivity contribution in [3.8, 4) is 0 Å². The second kappa shape index (κ2) is 7.13. The van der Waals surface area contributed by atoms with Crippen LogP contribution in [-0.2, 0) is 6.18 Å². The van der Waals surface area contributed by atoms with Gasteiger partial charge in [0.05, 0.1) is 28.7 Å². The first-order chi connectivity index (χ1) is 11.9. The molecule has 1 heterocycles. The second-order valence-corrected chi connectivity index (χ2v) is 6.09. The molecule has 1 amide bonds. The number of anilines is 2. The Hall–Kier alpha value is -2.57. The van der Waals surface area contributed by atoms with Gasteiger partial charge in [-0.15, -0.1) is 0 Å². The van der Waals surface area contributed by atoms with Crippen LogP contribution in [0, 0.1) is 0 Å². The van der Waals surface area contributed by atoms with E-state index in [0.29, 0.717) is 11.3 Å². The summed E-state index contributed by atoms with van der Waals surface area (Å²) < 4.78 is 39.2. The van der Waals surface area contributed by atoms with Crippen molar-refractivity contribution in [2.45, 2.75) is 37.9 Å². The van der Waals surface area contributed by atoms with Gasteiger partial charge in [0.15, 0.2) is 0 Å². The van der Waals surface area contributed by atoms with E-state index in [0.717, 1.165) is 31.7 Å². The summed E-state index contributed by atoms with van der Waals surface area (Å²) in [6.45, 7) is 0. The minimum atomic E-state index is -4.46. The summed E-state index contributed by atoms with van der Waals surface area (Å²) in [5.41, 5.74) is -0.196. The van der Waals surface area contributed by atoms with Gasteiger partial charge in [-0.05, 0) is 31.0 Å². The maximum Gasteiger partial charge on any atom is 0.418 e. The molecule has 132 valence electrons. The molecule has 0 atom stereocenters. The minimum Gasteiger partial charge on any atom is -0.354 e. The van der Waals surface area contributed by atoms with Gasteiger partial charge in [-0.3, -0.25) is 9.78 Å². The molecule has 1 aliphatic rings. The van der Waals surface area contributed by atoms with E-state index in [1.54, 1.807) is 0 Å². The average molecular weight is 349 g/mol. The van der Waals surface area contributed by atoms with Crippen molar-refractivity contribution < 1.29 is 18.0 Å². The Balaban J connectivity index is 1.77. The van der Waals surface area contributed by atoms with E-state index in [2.05, 4.69) is 15.6 Å². The van der Waals surface area contributed by atoms with Gasteiger partial charge in [0.2, 0.25) is 0 Å². The Morgan fingerprint density at radius 3 is 2.56 bits per heavy atom. The van der Waals surface area contributed by atoms with Crippen LogP contribution in [0.15, 0.2) is 42.7 Å². The highest BCUT2D eigenvalue weighted by molar-refractivity contribution is 5.95. The molecule has 2 aromatic rings. The molecule has 3 rings (SSSR count). The third-order valence-corrected chi connectivity index (χ3v) is 4.20. The Bertz CT molecular complexity index is 755. The van der Waals surface area contributed by atoms with Crippen LogP contribution in [0.3, 0.4) is 0 Å². The number of amides is 1. The summed E-state index contributed by atoms with van der Waals surface area (Å²) in [5, 5.41) is 5.64. The van der Waals surface area contributed by atoms with Crippen LogP contribution in [0.25, 0.3) is 0 Å². The van der Waals surface area contributed by atoms with Gasteiger partial charge in [-0.2, -0.15) is 13.2 Å². The number of hydrogen-bond donors (Lipinski definition) is 2. The van der Waals surface area contributed by atoms with Crippen molar-refractivity contribution in [3.05, 3.63) is 53.9 Å². The number of hydrogen-bond acceptors (Lipinski definition) is 3. The number of nitrogens with zero attached hydrogens (tertiary/aromatic N) is 1. The third kappa shape index (κ3) is 4.29. The number of alkyl halides is 3. The summed E-state index contributed by atoms with van der Waals surface area (Å²) >= 11 is 0. The van der Waals surface area contributed by atoms with Crippen LogP contribution >= 0.6 is 0 Å². The van der Waals surface area contributed by atoms with Crippen LogP contribution in [0.1, 0.15) is 41.6 Å². The fraction of sp³-hybridized carbons (Fsp3) is 0.333. The molecule has 0 unspecified atom stereocenters. The van der Waals surface area contributed by atoms with Crippen molar-refractivity contribution in [3.63, 3.8) is 0 Å². The van der Waals surface area contributed by atoms with Crippen LogP contribution in [0.5, 0.6) is 0 Å². The molecule has 1 saturated carbocycles. The standard InChI is InChI=1S/C18H18F3N3O/c19-18(20,21)15-7-3-4-8-16(15)23-14-9-12(10-22-11-14)17(25)24-13-5-1-2-6-13/h3-4,7-11,13,23H,1-2,5-6H2,(H,24,25). The van der Waals surface area contributed by atoms with E-state index < -0.39 is 11.7 Å². The smallest absolute Gasteiger partial charge is 0.354 e. The quantitative estimate of drug-likeness (QED) is 0.853. The SMILES string of the molecule is O=C(NC1CCCC1)c1cncc(Nc2ccccc2C(F)(F)F)c1. The molecule has 0 aliphatic heterocycles. The lowest BCUT2D eigenvalue weighted by molar-refractivity contribution is -0.136. The number of nitrogens with one attached hydrogen (secondary N) is 2. The van der Waals surface area contributed by atoms with Crippen LogP contribution < -0.4 is 10.6 Å². The monoisotopic (exact) mass is 349 g/mol. The molecule has 7 heteroatoms. The van der Waals surface area contributed by atoms with E-state index in [9.17, 15) is 18.0 Å². The first-order valence-electron chi connectivity index (χ1n) is 8.12. The van der Waals surface area contributed by atoms with E-state index in [1.807, 2.05) is 0 Å². The molecule has 0 saturated heterocycles. The fourth-order valence-electron chi connectivity index (χ4n) is 2.97. The summed E-state index contributed by atoms with van der Waals surface area (Å²) in [7, 11) is 0. The molecule has 1 aromatic carbocycles. The largest absolute Gasteiger partial charge is 0.418 e. The lowest BCUT2D eigenvalue weighted by Gasteiger charge is -2.15. The number of carbonyl (C=O) groups excluding carboxylic acids is 1. The molecule has 1 aliphatic carbocycles. The summed E-state index contributed by atoms with van der Waals surface area (Å²) in [5.74, 6) is -0.257. The maximum absolute atomic E-state index is 13.1. The second-order valence-electron chi connectivity index (χ2n) is 6.09. The highest BCUT2D eigenvalue weighted by Crippen LogP contribution is 2.35. The number of benzene rings is 1. The highest BCUT2D eigenvalue weighted by atomic mass is 19.4. The normalized spacial score (nSPS) is 15.2. The summed E-state index contributed by atoms with van der Waals surface area (Å²) in [6, 6.07) is 6.86. The maximum atomic E-state index is 13.1. The van der Waals surface area contributed by atoms with Crippen molar-refractivity contribution in [1.82, 2.24) is 10.3 Å². The van der Waals surface area contributed by atoms with Gasteiger partial charge in [0.25, 0.3) is 5.91 Å². The molecule has 4 nitrogen and oxygen atoms in total. The summed E-state index contributed by atoms with van der Waals surface area (Å²) in [4.78, 5) is 16.2. The first-order valence-corrected chi connectivity index (χ1v) is 8.12. The van der Waals surface area contributed by atoms with E-state index >= 15 is 0 Å². The zero-order chi connectivity index (χ0) is 17.9.